The molecule has 0 amide bonds. The number of likely N-dealkylation sites (N-methyl/N-ethyl adjacent to an activating group) is 1. The Morgan fingerprint density at radius 2 is 2.09 bits per heavy atom. The molecule has 9 heteroatoms. The quantitative estimate of drug-likeness (QED) is 0.241. The van der Waals surface area contributed by atoms with E-state index >= 15 is 0 Å². The molecule has 170 valence electrons. The highest BCUT2D eigenvalue weighted by molar-refractivity contribution is 5.98. The van der Waals surface area contributed by atoms with E-state index in [1.807, 2.05) is 37.4 Å². The van der Waals surface area contributed by atoms with Crippen molar-refractivity contribution in [3.8, 4) is 22.8 Å². The lowest BCUT2D eigenvalue weighted by molar-refractivity contribution is 0.287. The summed E-state index contributed by atoms with van der Waals surface area (Å²) in [6.45, 7) is 3.06. The molecule has 0 aliphatic carbocycles. The van der Waals surface area contributed by atoms with Crippen molar-refractivity contribution >= 4 is 33.9 Å². The molecule has 1 aliphatic rings. The number of nitrogens with zero attached hydrogens (tertiary/aromatic N) is 3. The van der Waals surface area contributed by atoms with Gasteiger partial charge in [-0.15, -0.1) is 0 Å². The molecule has 33 heavy (non-hydrogen) atoms. The van der Waals surface area contributed by atoms with Crippen LogP contribution in [0.15, 0.2) is 48.8 Å². The molecule has 9 nitrogen and oxygen atoms in total. The lowest BCUT2D eigenvalue weighted by atomic mass is 10.1. The number of methoxy groups -OCH3 is 1. The van der Waals surface area contributed by atoms with Crippen molar-refractivity contribution in [2.45, 2.75) is 6.54 Å². The first kappa shape index (κ1) is 20.9. The maximum absolute atomic E-state index is 6.27. The minimum atomic E-state index is 0.462. The predicted octanol–water partition coefficient (Wildman–Crippen LogP) is 3.46. The zero-order chi connectivity index (χ0) is 22.8. The fraction of sp³-hybridized carbons (Fsp3) is 0.250. The van der Waals surface area contributed by atoms with Gasteiger partial charge in [-0.25, -0.2) is 9.97 Å². The van der Waals surface area contributed by atoms with Gasteiger partial charge in [-0.2, -0.15) is 0 Å². The van der Waals surface area contributed by atoms with Crippen molar-refractivity contribution in [3.05, 3.63) is 48.8 Å². The molecule has 0 radical (unpaired) electrons. The zero-order valence-electron chi connectivity index (χ0n) is 18.7. The molecule has 0 saturated carbocycles. The third-order valence-corrected chi connectivity index (χ3v) is 5.69. The number of rotatable bonds is 8. The van der Waals surface area contributed by atoms with Crippen molar-refractivity contribution < 1.29 is 9.47 Å². The van der Waals surface area contributed by atoms with E-state index in [1.165, 1.54) is 0 Å². The van der Waals surface area contributed by atoms with Gasteiger partial charge in [0.1, 0.15) is 18.1 Å². The van der Waals surface area contributed by atoms with Gasteiger partial charge in [0.2, 0.25) is 5.95 Å². The highest BCUT2D eigenvalue weighted by atomic mass is 16.5. The summed E-state index contributed by atoms with van der Waals surface area (Å²) in [5.41, 5.74) is 11.4. The molecular formula is C24H27N7O2. The van der Waals surface area contributed by atoms with Crippen LogP contribution in [0, 0.1) is 0 Å². The average Bonchev–Trinajstić information content (AvgIpc) is 3.21. The summed E-state index contributed by atoms with van der Waals surface area (Å²) in [5, 5.41) is 10.8. The Hall–Kier alpha value is -3.98. The van der Waals surface area contributed by atoms with Crippen LogP contribution < -0.4 is 31.2 Å². The molecule has 0 atom stereocenters. The van der Waals surface area contributed by atoms with Crippen LogP contribution >= 0.6 is 0 Å². The van der Waals surface area contributed by atoms with Gasteiger partial charge in [-0.05, 0) is 25.2 Å². The maximum atomic E-state index is 6.27. The van der Waals surface area contributed by atoms with E-state index in [2.05, 4.69) is 37.8 Å². The first-order valence-corrected chi connectivity index (χ1v) is 10.9. The molecular weight excluding hydrogens is 418 g/mol. The summed E-state index contributed by atoms with van der Waals surface area (Å²) >= 11 is 0. The largest absolute Gasteiger partial charge is 0.494 e. The Morgan fingerprint density at radius 1 is 1.18 bits per heavy atom. The Balaban J connectivity index is 1.46. The molecule has 5 N–H and O–H groups in total. The molecule has 0 unspecified atom stereocenters. The summed E-state index contributed by atoms with van der Waals surface area (Å²) in [6, 6.07) is 11.7. The monoisotopic (exact) mass is 445 g/mol. The molecule has 1 aliphatic heterocycles. The van der Waals surface area contributed by atoms with E-state index in [4.69, 9.17) is 20.2 Å². The number of benzene rings is 2. The SMILES string of the molecule is CNCCNc1cc(OC)c(Nc2nccc(-c3cn4c5c(cccc35)OCC4)n2)cc1N. The number of ether oxygens (including phenoxy) is 2. The molecule has 0 bridgehead atoms. The van der Waals surface area contributed by atoms with Crippen LogP contribution in [0.4, 0.5) is 23.0 Å². The Morgan fingerprint density at radius 3 is 2.94 bits per heavy atom. The third-order valence-electron chi connectivity index (χ3n) is 5.69. The number of hydrogen-bond donors (Lipinski definition) is 4. The van der Waals surface area contributed by atoms with Crippen LogP contribution in [-0.2, 0) is 6.54 Å². The van der Waals surface area contributed by atoms with E-state index < -0.39 is 0 Å². The molecule has 2 aromatic carbocycles. The predicted molar refractivity (Wildman–Crippen MR) is 132 cm³/mol. The van der Waals surface area contributed by atoms with Gasteiger partial charge >= 0.3 is 0 Å². The van der Waals surface area contributed by atoms with E-state index in [9.17, 15) is 0 Å². The summed E-state index contributed by atoms with van der Waals surface area (Å²) in [6.07, 6.45) is 3.88. The first-order chi connectivity index (χ1) is 16.2. The summed E-state index contributed by atoms with van der Waals surface area (Å²) in [4.78, 5) is 9.19. The maximum Gasteiger partial charge on any atom is 0.227 e. The fourth-order valence-corrected chi connectivity index (χ4v) is 4.10. The lowest BCUT2D eigenvalue weighted by Crippen LogP contribution is -2.18. The second-order valence-electron chi connectivity index (χ2n) is 7.80. The standard InChI is InChI=1S/C24H27N7O2/c1-26-8-9-27-19-13-22(32-2)20(12-17(19)25)30-24-28-7-6-18(29-24)16-14-31-10-11-33-21-5-3-4-15(16)23(21)31/h3-7,12-14,26-27H,8-11,25H2,1-2H3,(H,28,29,30). The van der Waals surface area contributed by atoms with Gasteiger partial charge in [0.25, 0.3) is 0 Å². The number of nitrogens with one attached hydrogen (secondary N) is 3. The van der Waals surface area contributed by atoms with E-state index in [0.717, 1.165) is 53.2 Å². The molecule has 2 aromatic heterocycles. The second kappa shape index (κ2) is 8.87. The summed E-state index contributed by atoms with van der Waals surface area (Å²) in [7, 11) is 3.53. The molecule has 0 spiro atoms. The molecule has 3 heterocycles. The Bertz CT molecular complexity index is 1300. The van der Waals surface area contributed by atoms with Crippen LogP contribution in [0.3, 0.4) is 0 Å². The van der Waals surface area contributed by atoms with Crippen LogP contribution in [0.2, 0.25) is 0 Å². The van der Waals surface area contributed by atoms with Gasteiger partial charge < -0.3 is 35.7 Å². The zero-order valence-corrected chi connectivity index (χ0v) is 18.7. The fourth-order valence-electron chi connectivity index (χ4n) is 4.10. The van der Waals surface area contributed by atoms with Crippen LogP contribution in [0.25, 0.3) is 22.2 Å². The smallest absolute Gasteiger partial charge is 0.227 e. The van der Waals surface area contributed by atoms with E-state index in [-0.39, 0.29) is 0 Å². The van der Waals surface area contributed by atoms with Gasteiger partial charge in [0.05, 0.1) is 41.9 Å². The minimum Gasteiger partial charge on any atom is -0.494 e. The van der Waals surface area contributed by atoms with Crippen molar-refractivity contribution in [2.24, 2.45) is 0 Å². The van der Waals surface area contributed by atoms with Crippen molar-refractivity contribution in [3.63, 3.8) is 0 Å². The van der Waals surface area contributed by atoms with Crippen LogP contribution in [0.5, 0.6) is 11.5 Å². The van der Waals surface area contributed by atoms with Crippen LogP contribution in [0.1, 0.15) is 0 Å². The number of anilines is 4. The molecule has 0 fully saturated rings. The van der Waals surface area contributed by atoms with Crippen molar-refractivity contribution in [2.75, 3.05) is 50.2 Å². The number of para-hydroxylation sites is 1. The number of nitrogens with two attached hydrogens (primary N) is 1. The molecule has 5 rings (SSSR count). The summed E-state index contributed by atoms with van der Waals surface area (Å²) < 4.78 is 13.6. The first-order valence-electron chi connectivity index (χ1n) is 10.9. The van der Waals surface area contributed by atoms with Gasteiger partial charge in [0, 0.05) is 42.5 Å². The minimum absolute atomic E-state index is 0.462. The molecule has 0 saturated heterocycles. The van der Waals surface area contributed by atoms with Gasteiger partial charge in [-0.3, -0.25) is 0 Å². The number of hydrogen-bond acceptors (Lipinski definition) is 8. The summed E-state index contributed by atoms with van der Waals surface area (Å²) in [5.74, 6) is 2.01. The van der Waals surface area contributed by atoms with Crippen molar-refractivity contribution in [1.82, 2.24) is 19.9 Å². The third kappa shape index (κ3) is 3.98. The Labute approximate surface area is 191 Å². The van der Waals surface area contributed by atoms with Crippen LogP contribution in [-0.4, -0.2) is 48.4 Å². The van der Waals surface area contributed by atoms with E-state index in [1.54, 1.807) is 13.3 Å². The normalized spacial score (nSPS) is 12.4. The van der Waals surface area contributed by atoms with E-state index in [0.29, 0.717) is 29.7 Å². The Kier molecular flexibility index (Phi) is 5.62. The topological polar surface area (TPSA) is 111 Å². The van der Waals surface area contributed by atoms with Gasteiger partial charge in [0.15, 0.2) is 0 Å². The number of aromatic nitrogens is 3. The van der Waals surface area contributed by atoms with Crippen molar-refractivity contribution in [1.29, 1.82) is 0 Å². The molecule has 4 aromatic rings. The number of nitrogen functional groups attached to an aromatic ring is 1. The highest BCUT2D eigenvalue weighted by Crippen LogP contribution is 2.38. The highest BCUT2D eigenvalue weighted by Gasteiger charge is 2.19. The second-order valence-corrected chi connectivity index (χ2v) is 7.80. The lowest BCUT2D eigenvalue weighted by Gasteiger charge is -2.16. The average molecular weight is 446 g/mol. The van der Waals surface area contributed by atoms with Gasteiger partial charge in [-0.1, -0.05) is 12.1 Å².